The molecule has 0 aliphatic heterocycles. The Labute approximate surface area is 122 Å². The van der Waals surface area contributed by atoms with E-state index in [2.05, 4.69) is 35.3 Å². The minimum absolute atomic E-state index is 0.808. The second-order valence-electron chi connectivity index (χ2n) is 5.16. The SMILES string of the molecule is Nc1ccc(-c2cnc3ccccc3c2)c2ccccc12. The first kappa shape index (κ1) is 11.9. The highest BCUT2D eigenvalue weighted by atomic mass is 14.6. The zero-order chi connectivity index (χ0) is 14.2. The highest BCUT2D eigenvalue weighted by Gasteiger charge is 2.07. The van der Waals surface area contributed by atoms with Crippen LogP contribution in [0.25, 0.3) is 32.8 Å². The maximum absolute atomic E-state index is 6.08. The summed E-state index contributed by atoms with van der Waals surface area (Å²) in [6, 6.07) is 22.6. The van der Waals surface area contributed by atoms with Gasteiger partial charge in [0.25, 0.3) is 0 Å². The molecule has 0 spiro atoms. The van der Waals surface area contributed by atoms with Crippen LogP contribution in [0.4, 0.5) is 5.69 Å². The highest BCUT2D eigenvalue weighted by Crippen LogP contribution is 2.32. The number of aromatic nitrogens is 1. The second kappa shape index (κ2) is 4.60. The third kappa shape index (κ3) is 1.93. The molecule has 3 aromatic carbocycles. The molecule has 1 heterocycles. The fourth-order valence-electron chi connectivity index (χ4n) is 2.79. The van der Waals surface area contributed by atoms with E-state index in [1.54, 1.807) is 0 Å². The molecule has 0 aliphatic rings. The summed E-state index contributed by atoms with van der Waals surface area (Å²) in [5, 5.41) is 3.40. The van der Waals surface area contributed by atoms with Crippen molar-refractivity contribution in [2.45, 2.75) is 0 Å². The minimum Gasteiger partial charge on any atom is -0.398 e. The Morgan fingerprint density at radius 2 is 1.52 bits per heavy atom. The van der Waals surface area contributed by atoms with Crippen LogP contribution in [0, 0.1) is 0 Å². The van der Waals surface area contributed by atoms with Crippen LogP contribution in [0.3, 0.4) is 0 Å². The number of para-hydroxylation sites is 1. The van der Waals surface area contributed by atoms with Crippen LogP contribution >= 0.6 is 0 Å². The standard InChI is InChI=1S/C19H14N2/c20-18-10-9-15(16-6-2-3-7-17(16)18)14-11-13-5-1-4-8-19(13)21-12-14/h1-12H,20H2. The number of nitrogens with zero attached hydrogens (tertiary/aromatic N) is 1. The van der Waals surface area contributed by atoms with E-state index < -0.39 is 0 Å². The van der Waals surface area contributed by atoms with Crippen LogP contribution in [0.2, 0.25) is 0 Å². The molecular formula is C19H14N2. The predicted molar refractivity (Wildman–Crippen MR) is 89.1 cm³/mol. The summed E-state index contributed by atoms with van der Waals surface area (Å²) < 4.78 is 0. The Morgan fingerprint density at radius 1 is 0.762 bits per heavy atom. The van der Waals surface area contributed by atoms with E-state index in [0.29, 0.717) is 0 Å². The number of pyridine rings is 1. The van der Waals surface area contributed by atoms with E-state index in [0.717, 1.165) is 38.5 Å². The van der Waals surface area contributed by atoms with Crippen LogP contribution in [-0.4, -0.2) is 4.98 Å². The van der Waals surface area contributed by atoms with Gasteiger partial charge >= 0.3 is 0 Å². The summed E-state index contributed by atoms with van der Waals surface area (Å²) in [4.78, 5) is 4.56. The molecule has 0 amide bonds. The normalized spacial score (nSPS) is 11.0. The smallest absolute Gasteiger partial charge is 0.0702 e. The average Bonchev–Trinajstić information content (AvgIpc) is 2.55. The van der Waals surface area contributed by atoms with Gasteiger partial charge in [-0.2, -0.15) is 0 Å². The van der Waals surface area contributed by atoms with Crippen molar-refractivity contribution in [1.82, 2.24) is 4.98 Å². The minimum atomic E-state index is 0.808. The zero-order valence-corrected chi connectivity index (χ0v) is 11.5. The van der Waals surface area contributed by atoms with Gasteiger partial charge in [0.15, 0.2) is 0 Å². The molecule has 4 aromatic rings. The van der Waals surface area contributed by atoms with Crippen molar-refractivity contribution in [2.24, 2.45) is 0 Å². The molecule has 21 heavy (non-hydrogen) atoms. The van der Waals surface area contributed by atoms with Crippen molar-refractivity contribution in [1.29, 1.82) is 0 Å². The predicted octanol–water partition coefficient (Wildman–Crippen LogP) is 4.64. The molecule has 4 rings (SSSR count). The Balaban J connectivity index is 2.02. The quantitative estimate of drug-likeness (QED) is 0.512. The van der Waals surface area contributed by atoms with Crippen LogP contribution < -0.4 is 5.73 Å². The van der Waals surface area contributed by atoms with Gasteiger partial charge in [-0.05, 0) is 29.1 Å². The van der Waals surface area contributed by atoms with E-state index in [4.69, 9.17) is 5.73 Å². The van der Waals surface area contributed by atoms with Gasteiger partial charge in [-0.3, -0.25) is 4.98 Å². The lowest BCUT2D eigenvalue weighted by Crippen LogP contribution is -1.90. The van der Waals surface area contributed by atoms with Gasteiger partial charge in [0.1, 0.15) is 0 Å². The Hall–Kier alpha value is -2.87. The van der Waals surface area contributed by atoms with Crippen molar-refractivity contribution in [2.75, 3.05) is 5.73 Å². The number of benzene rings is 3. The first-order chi connectivity index (χ1) is 10.3. The Bertz CT molecular complexity index is 958. The molecule has 0 atom stereocenters. The van der Waals surface area contributed by atoms with E-state index in [1.165, 1.54) is 0 Å². The highest BCUT2D eigenvalue weighted by molar-refractivity contribution is 6.03. The lowest BCUT2D eigenvalue weighted by Gasteiger charge is -2.09. The maximum atomic E-state index is 6.08. The third-order valence-corrected chi connectivity index (χ3v) is 3.86. The van der Waals surface area contributed by atoms with Crippen molar-refractivity contribution in [3.63, 3.8) is 0 Å². The van der Waals surface area contributed by atoms with Crippen molar-refractivity contribution in [3.8, 4) is 11.1 Å². The van der Waals surface area contributed by atoms with E-state index >= 15 is 0 Å². The first-order valence-corrected chi connectivity index (χ1v) is 6.95. The molecule has 0 bridgehead atoms. The Morgan fingerprint density at radius 3 is 2.43 bits per heavy atom. The summed E-state index contributed by atoms with van der Waals surface area (Å²) in [7, 11) is 0. The zero-order valence-electron chi connectivity index (χ0n) is 11.5. The first-order valence-electron chi connectivity index (χ1n) is 6.95. The van der Waals surface area contributed by atoms with Gasteiger partial charge in [-0.25, -0.2) is 0 Å². The van der Waals surface area contributed by atoms with Gasteiger partial charge < -0.3 is 5.73 Å². The average molecular weight is 270 g/mol. The van der Waals surface area contributed by atoms with Crippen molar-refractivity contribution < 1.29 is 0 Å². The molecule has 0 saturated heterocycles. The lowest BCUT2D eigenvalue weighted by atomic mass is 9.97. The summed E-state index contributed by atoms with van der Waals surface area (Å²) in [5.41, 5.74) is 10.2. The summed E-state index contributed by atoms with van der Waals surface area (Å²) in [5.74, 6) is 0. The van der Waals surface area contributed by atoms with Gasteiger partial charge in [-0.1, -0.05) is 48.5 Å². The summed E-state index contributed by atoms with van der Waals surface area (Å²) in [6.45, 7) is 0. The maximum Gasteiger partial charge on any atom is 0.0702 e. The molecule has 2 nitrogen and oxygen atoms in total. The van der Waals surface area contributed by atoms with Crippen LogP contribution in [0.5, 0.6) is 0 Å². The van der Waals surface area contributed by atoms with Gasteiger partial charge in [0, 0.05) is 28.2 Å². The molecular weight excluding hydrogens is 256 g/mol. The topological polar surface area (TPSA) is 38.9 Å². The second-order valence-corrected chi connectivity index (χ2v) is 5.16. The van der Waals surface area contributed by atoms with Crippen LogP contribution in [-0.2, 0) is 0 Å². The number of fused-ring (bicyclic) bond motifs is 2. The van der Waals surface area contributed by atoms with Crippen LogP contribution in [0.15, 0.2) is 72.9 Å². The number of nitrogen functional groups attached to an aromatic ring is 1. The van der Waals surface area contributed by atoms with Gasteiger partial charge in [0.2, 0.25) is 0 Å². The largest absolute Gasteiger partial charge is 0.398 e. The fourth-order valence-corrected chi connectivity index (χ4v) is 2.79. The monoisotopic (exact) mass is 270 g/mol. The Kier molecular flexibility index (Phi) is 2.61. The van der Waals surface area contributed by atoms with E-state index in [1.807, 2.05) is 42.6 Å². The molecule has 100 valence electrons. The number of rotatable bonds is 1. The molecule has 0 saturated carbocycles. The third-order valence-electron chi connectivity index (χ3n) is 3.86. The van der Waals surface area contributed by atoms with Gasteiger partial charge in [0.05, 0.1) is 5.52 Å². The molecule has 2 N–H and O–H groups in total. The summed E-state index contributed by atoms with van der Waals surface area (Å²) >= 11 is 0. The van der Waals surface area contributed by atoms with E-state index in [9.17, 15) is 0 Å². The van der Waals surface area contributed by atoms with Crippen LogP contribution in [0.1, 0.15) is 0 Å². The van der Waals surface area contributed by atoms with Crippen molar-refractivity contribution in [3.05, 3.63) is 72.9 Å². The molecule has 2 heteroatoms. The molecule has 0 fully saturated rings. The number of anilines is 1. The number of hydrogen-bond acceptors (Lipinski definition) is 2. The lowest BCUT2D eigenvalue weighted by molar-refractivity contribution is 1.41. The number of nitrogens with two attached hydrogens (primary N) is 1. The fraction of sp³-hybridized carbons (Fsp3) is 0. The summed E-state index contributed by atoms with van der Waals surface area (Å²) in [6.07, 6.45) is 1.93. The molecule has 0 unspecified atom stereocenters. The van der Waals surface area contributed by atoms with Crippen molar-refractivity contribution >= 4 is 27.4 Å². The van der Waals surface area contributed by atoms with E-state index in [-0.39, 0.29) is 0 Å². The molecule has 1 aromatic heterocycles. The van der Waals surface area contributed by atoms with Gasteiger partial charge in [-0.15, -0.1) is 0 Å². The molecule has 0 radical (unpaired) electrons. The number of hydrogen-bond donors (Lipinski definition) is 1. The molecule has 0 aliphatic carbocycles.